The Labute approximate surface area is 336 Å². The topological polar surface area (TPSA) is 224 Å². The quantitative estimate of drug-likeness (QED) is 0.147. The van der Waals surface area contributed by atoms with Crippen LogP contribution in [0.4, 0.5) is 4.79 Å². The van der Waals surface area contributed by atoms with Crippen molar-refractivity contribution in [1.82, 2.24) is 5.32 Å². The van der Waals surface area contributed by atoms with E-state index in [1.54, 1.807) is 83.1 Å². The molecular weight excluding hydrogens is 754 g/mol. The Balaban J connectivity index is 1.49. The highest BCUT2D eigenvalue weighted by Crippen LogP contribution is 2.64. The van der Waals surface area contributed by atoms with E-state index in [-0.39, 0.29) is 29.7 Å². The molecule has 11 atom stereocenters. The van der Waals surface area contributed by atoms with E-state index in [2.05, 4.69) is 5.32 Å². The van der Waals surface area contributed by atoms with E-state index in [0.29, 0.717) is 5.56 Å². The summed E-state index contributed by atoms with van der Waals surface area (Å²) in [4.78, 5) is 68.9. The lowest BCUT2D eigenvalue weighted by Gasteiger charge is -2.67. The summed E-state index contributed by atoms with van der Waals surface area (Å²) in [6.45, 7) is 11.8. The number of aliphatic hydroxyl groups excluding tert-OH is 3. The summed E-state index contributed by atoms with van der Waals surface area (Å²) in [5.41, 5.74) is -8.14. The van der Waals surface area contributed by atoms with Crippen molar-refractivity contribution in [2.75, 3.05) is 6.61 Å². The number of carbonyl (C=O) groups is 5. The Morgan fingerprint density at radius 3 is 2.10 bits per heavy atom. The fraction of sp³-hybridized carbons (Fsp3) is 0.558. The maximum atomic E-state index is 14.9. The number of fused-ring (bicyclic) bond motifs is 5. The van der Waals surface area contributed by atoms with E-state index in [1.807, 2.05) is 0 Å². The molecule has 0 unspecified atom stereocenters. The van der Waals surface area contributed by atoms with Crippen LogP contribution < -0.4 is 5.32 Å². The number of carbonyl (C=O) groups excluding carboxylic acids is 5. The van der Waals surface area contributed by atoms with Gasteiger partial charge in [-0.05, 0) is 63.5 Å². The van der Waals surface area contributed by atoms with Crippen molar-refractivity contribution < 1.29 is 68.1 Å². The zero-order valence-electron chi connectivity index (χ0n) is 33.9. The molecule has 1 heterocycles. The molecular formula is C43H53NO14. The number of esters is 3. The fourth-order valence-corrected chi connectivity index (χ4v) is 9.56. The molecule has 314 valence electrons. The van der Waals surface area contributed by atoms with Crippen LogP contribution in [0, 0.1) is 16.7 Å². The van der Waals surface area contributed by atoms with Gasteiger partial charge in [-0.25, -0.2) is 14.4 Å². The summed E-state index contributed by atoms with van der Waals surface area (Å²) in [5.74, 6) is -5.36. The van der Waals surface area contributed by atoms with Gasteiger partial charge in [-0.1, -0.05) is 62.4 Å². The summed E-state index contributed by atoms with van der Waals surface area (Å²) in [6, 6.07) is 14.6. The van der Waals surface area contributed by atoms with Crippen LogP contribution in [0.5, 0.6) is 0 Å². The highest BCUT2D eigenvalue weighted by atomic mass is 16.6. The first-order valence-corrected chi connectivity index (χ1v) is 19.3. The van der Waals surface area contributed by atoms with Crippen LogP contribution in [-0.4, -0.2) is 110 Å². The van der Waals surface area contributed by atoms with Crippen molar-refractivity contribution >= 4 is 29.8 Å². The van der Waals surface area contributed by atoms with Crippen LogP contribution in [0.25, 0.3) is 0 Å². The first-order valence-electron chi connectivity index (χ1n) is 19.3. The van der Waals surface area contributed by atoms with Crippen LogP contribution in [0.2, 0.25) is 0 Å². The highest BCUT2D eigenvalue weighted by Gasteiger charge is 2.78. The Morgan fingerprint density at radius 2 is 1.55 bits per heavy atom. The lowest BCUT2D eigenvalue weighted by atomic mass is 9.44. The molecule has 1 amide bonds. The van der Waals surface area contributed by atoms with E-state index in [9.17, 15) is 44.4 Å². The standard InChI is InChI=1S/C43H53NO14/c1-22-26(55-37(51)32(48)30(24-15-11-9-12-16-24)44-38(52)58-39(3,4)5)20-43(53)35(56-36(50)25-17-13-10-14-18-25)33-41(8,34(49)31(47)29(22)40(43,6)7)27(46)19-28-42(33,21-54-28)57-23(2)45/h9-18,26-28,30-33,35,46-48,53H,19-21H2,1-8H3,(H,44,52)/t26-,27-,28+,30-,31+,32+,33-,35-,41+,42-,43+/m1/s1. The first-order chi connectivity index (χ1) is 27.0. The van der Waals surface area contributed by atoms with Gasteiger partial charge in [0.1, 0.15) is 35.6 Å². The molecule has 2 bridgehead atoms. The molecule has 0 aromatic heterocycles. The Kier molecular flexibility index (Phi) is 11.2. The summed E-state index contributed by atoms with van der Waals surface area (Å²) in [7, 11) is 0. The van der Waals surface area contributed by atoms with Gasteiger partial charge in [-0.3, -0.25) is 9.59 Å². The Hall–Kier alpha value is -4.67. The minimum Gasteiger partial charge on any atom is -0.456 e. The number of Topliss-reactive ketones (excluding diaryl/α,β-unsaturated/α-hetero) is 1. The molecule has 2 saturated carbocycles. The van der Waals surface area contributed by atoms with E-state index < -0.39 is 112 Å². The molecule has 2 aromatic carbocycles. The van der Waals surface area contributed by atoms with E-state index in [4.69, 9.17) is 23.7 Å². The van der Waals surface area contributed by atoms with Crippen LogP contribution in [-0.2, 0) is 38.1 Å². The third-order valence-electron chi connectivity index (χ3n) is 12.6. The van der Waals surface area contributed by atoms with Gasteiger partial charge in [0.2, 0.25) is 0 Å². The lowest BCUT2D eigenvalue weighted by molar-refractivity contribution is -0.346. The molecule has 1 saturated heterocycles. The smallest absolute Gasteiger partial charge is 0.408 e. The largest absolute Gasteiger partial charge is 0.456 e. The number of rotatable bonds is 8. The minimum atomic E-state index is -2.35. The molecule has 0 radical (unpaired) electrons. The van der Waals surface area contributed by atoms with Gasteiger partial charge in [0.15, 0.2) is 17.5 Å². The Bertz CT molecular complexity index is 1980. The minimum absolute atomic E-state index is 0.0637. The number of hydrogen-bond donors (Lipinski definition) is 5. The monoisotopic (exact) mass is 807 g/mol. The van der Waals surface area contributed by atoms with Crippen LogP contribution in [0.15, 0.2) is 71.8 Å². The second-order valence-corrected chi connectivity index (χ2v) is 17.6. The van der Waals surface area contributed by atoms with E-state index in [1.165, 1.54) is 26.0 Å². The zero-order valence-corrected chi connectivity index (χ0v) is 33.9. The Morgan fingerprint density at radius 1 is 0.948 bits per heavy atom. The number of benzene rings is 2. The van der Waals surface area contributed by atoms with E-state index >= 15 is 0 Å². The number of amides is 1. The molecule has 1 aliphatic heterocycles. The second-order valence-electron chi connectivity index (χ2n) is 17.6. The number of ketones is 1. The molecule has 0 spiro atoms. The van der Waals surface area contributed by atoms with Gasteiger partial charge < -0.3 is 49.4 Å². The van der Waals surface area contributed by atoms with Crippen molar-refractivity contribution in [2.45, 2.75) is 128 Å². The lowest BCUT2D eigenvalue weighted by Crippen LogP contribution is -2.81. The summed E-state index contributed by atoms with van der Waals surface area (Å²) in [6.07, 6.45) is -11.5. The fourth-order valence-electron chi connectivity index (χ4n) is 9.56. The molecule has 2 aromatic rings. The third kappa shape index (κ3) is 7.10. The molecule has 15 heteroatoms. The number of ether oxygens (including phenoxy) is 5. The second kappa shape index (κ2) is 15.2. The SMILES string of the molecule is CC(=O)O[C@]12CO[C@H]1C[C@@H](O)[C@]1(C)C(=O)[C@@H](O)C3=C(C)[C@H](OC(=O)[C@@H](O)[C@H](NC(=O)OC(C)(C)C)c4ccccc4)C[C@](O)([C@H](OC(=O)c4ccccc4)[C@@H]21)C3(C)C. The number of nitrogens with one attached hydrogen (secondary N) is 1. The number of aliphatic hydroxyl groups is 4. The summed E-state index contributed by atoms with van der Waals surface area (Å²) >= 11 is 0. The maximum absolute atomic E-state index is 14.9. The molecule has 15 nitrogen and oxygen atoms in total. The molecule has 4 aliphatic rings. The normalized spacial score (nSPS) is 33.7. The molecule has 6 rings (SSSR count). The molecule has 3 fully saturated rings. The van der Waals surface area contributed by atoms with Gasteiger partial charge in [0, 0.05) is 25.2 Å². The van der Waals surface area contributed by atoms with Crippen LogP contribution in [0.1, 0.15) is 90.2 Å². The van der Waals surface area contributed by atoms with E-state index in [0.717, 1.165) is 6.92 Å². The van der Waals surface area contributed by atoms with Crippen LogP contribution >= 0.6 is 0 Å². The van der Waals surface area contributed by atoms with Gasteiger partial charge in [0.05, 0.1) is 35.6 Å². The van der Waals surface area contributed by atoms with Crippen molar-refractivity contribution in [3.8, 4) is 0 Å². The third-order valence-corrected chi connectivity index (χ3v) is 12.6. The van der Waals surface area contributed by atoms with Gasteiger partial charge >= 0.3 is 24.0 Å². The number of alkyl carbamates (subject to hydrolysis) is 1. The number of hydrogen-bond acceptors (Lipinski definition) is 14. The van der Waals surface area contributed by atoms with Gasteiger partial charge in [-0.2, -0.15) is 0 Å². The maximum Gasteiger partial charge on any atom is 0.408 e. The summed E-state index contributed by atoms with van der Waals surface area (Å²) < 4.78 is 29.5. The van der Waals surface area contributed by atoms with Crippen molar-refractivity contribution in [3.05, 3.63) is 82.9 Å². The average Bonchev–Trinajstić information content (AvgIpc) is 3.14. The molecule has 3 aliphatic carbocycles. The van der Waals surface area contributed by atoms with Crippen LogP contribution in [0.3, 0.4) is 0 Å². The van der Waals surface area contributed by atoms with Gasteiger partial charge in [0.25, 0.3) is 0 Å². The van der Waals surface area contributed by atoms with Gasteiger partial charge in [-0.15, -0.1) is 0 Å². The molecule has 5 N–H and O–H groups in total. The predicted molar refractivity (Wildman–Crippen MR) is 204 cm³/mol. The summed E-state index contributed by atoms with van der Waals surface area (Å²) in [5, 5.41) is 51.6. The molecule has 58 heavy (non-hydrogen) atoms. The average molecular weight is 808 g/mol. The first kappa shape index (κ1) is 42.9. The predicted octanol–water partition coefficient (Wildman–Crippen LogP) is 3.26. The van der Waals surface area contributed by atoms with Crippen molar-refractivity contribution in [3.63, 3.8) is 0 Å². The highest BCUT2D eigenvalue weighted by molar-refractivity contribution is 5.94. The van der Waals surface area contributed by atoms with Crippen molar-refractivity contribution in [2.24, 2.45) is 16.7 Å². The van der Waals surface area contributed by atoms with Crippen molar-refractivity contribution in [1.29, 1.82) is 0 Å². The zero-order chi connectivity index (χ0) is 42.7.